The lowest BCUT2D eigenvalue weighted by Crippen LogP contribution is -2.15. The van der Waals surface area contributed by atoms with E-state index in [2.05, 4.69) is 78.9 Å². The number of aromatic nitrogens is 3. The zero-order valence-electron chi connectivity index (χ0n) is 15.2. The first-order valence-electron chi connectivity index (χ1n) is 8.47. The van der Waals surface area contributed by atoms with Gasteiger partial charge in [0.25, 0.3) is 0 Å². The number of thioether (sulfide) groups is 1. The average Bonchev–Trinajstić information content (AvgIpc) is 3.12. The minimum Gasteiger partial charge on any atom is -0.507 e. The van der Waals surface area contributed by atoms with Gasteiger partial charge in [-0.25, -0.2) is 4.98 Å². The van der Waals surface area contributed by atoms with Gasteiger partial charge in [0, 0.05) is 13.7 Å². The van der Waals surface area contributed by atoms with Crippen molar-refractivity contribution < 1.29 is 9.90 Å². The van der Waals surface area contributed by atoms with Gasteiger partial charge in [-0.05, 0) is 70.5 Å². The first-order chi connectivity index (χ1) is 13.3. The molecule has 1 aromatic heterocycles. The maximum Gasteiger partial charge on any atom is 0.234 e. The molecule has 0 aliphatic rings. The van der Waals surface area contributed by atoms with Gasteiger partial charge in [-0.3, -0.25) is 9.89 Å². The van der Waals surface area contributed by atoms with Crippen LogP contribution >= 0.6 is 50.3 Å². The van der Waals surface area contributed by atoms with Crippen molar-refractivity contribution in [1.82, 2.24) is 15.2 Å². The number of phenolic OH excluding ortho intramolecular Hbond substituents is 1. The molecule has 3 N–H and O–H groups in total. The van der Waals surface area contributed by atoms with Gasteiger partial charge in [-0.2, -0.15) is 0 Å². The Balaban J connectivity index is 1.65. The van der Waals surface area contributed by atoms with E-state index >= 15 is 0 Å². The molecule has 0 saturated carbocycles. The van der Waals surface area contributed by atoms with Gasteiger partial charge in [0.2, 0.25) is 11.1 Å². The van der Waals surface area contributed by atoms with Gasteiger partial charge in [0.1, 0.15) is 5.75 Å². The van der Waals surface area contributed by atoms with Gasteiger partial charge in [-0.15, -0.1) is 5.10 Å². The molecule has 1 amide bonds. The van der Waals surface area contributed by atoms with E-state index in [9.17, 15) is 9.90 Å². The van der Waals surface area contributed by atoms with Crippen molar-refractivity contribution in [3.63, 3.8) is 0 Å². The predicted octanol–water partition coefficient (Wildman–Crippen LogP) is 5.40. The van der Waals surface area contributed by atoms with Crippen LogP contribution in [0, 0.1) is 3.57 Å². The minimum atomic E-state index is -0.121. The van der Waals surface area contributed by atoms with Crippen molar-refractivity contribution in [2.45, 2.75) is 24.9 Å². The van der Waals surface area contributed by atoms with Gasteiger partial charge < -0.3 is 10.4 Å². The molecular weight excluding hydrogens is 555 g/mol. The van der Waals surface area contributed by atoms with E-state index < -0.39 is 0 Å². The van der Waals surface area contributed by atoms with Crippen LogP contribution in [0.25, 0.3) is 11.4 Å². The average molecular weight is 573 g/mol. The van der Waals surface area contributed by atoms with Crippen molar-refractivity contribution in [1.29, 1.82) is 0 Å². The highest BCUT2D eigenvalue weighted by molar-refractivity contribution is 14.1. The molecule has 0 radical (unpaired) electrons. The minimum absolute atomic E-state index is 0.105. The highest BCUT2D eigenvalue weighted by atomic mass is 127. The number of aromatic hydroxyl groups is 1. The molecule has 1 heterocycles. The third kappa shape index (κ3) is 5.26. The molecule has 9 heteroatoms. The van der Waals surface area contributed by atoms with Crippen LogP contribution in [0.3, 0.4) is 0 Å². The number of anilines is 1. The number of rotatable bonds is 6. The molecule has 0 bridgehead atoms. The molecule has 0 unspecified atom stereocenters. The van der Waals surface area contributed by atoms with Gasteiger partial charge in [0.15, 0.2) is 5.82 Å². The lowest BCUT2D eigenvalue weighted by Gasteiger charge is -2.14. The van der Waals surface area contributed by atoms with E-state index in [-0.39, 0.29) is 17.4 Å². The Hall–Kier alpha value is -1.59. The van der Waals surface area contributed by atoms with E-state index in [1.807, 2.05) is 12.1 Å². The molecule has 0 saturated heterocycles. The van der Waals surface area contributed by atoms with Crippen LogP contribution in [0.15, 0.2) is 46.0 Å². The molecule has 3 aromatic rings. The Labute approximate surface area is 189 Å². The smallest absolute Gasteiger partial charge is 0.234 e. The predicted molar refractivity (Wildman–Crippen MR) is 124 cm³/mol. The number of hydrogen-bond donors (Lipinski definition) is 3. The summed E-state index contributed by atoms with van der Waals surface area (Å²) in [7, 11) is 0. The van der Waals surface area contributed by atoms with Crippen molar-refractivity contribution in [3.05, 3.63) is 50.0 Å². The maximum atomic E-state index is 12.4. The molecule has 0 fully saturated rings. The fourth-order valence-electron chi connectivity index (χ4n) is 2.57. The number of nitrogens with one attached hydrogen (secondary N) is 2. The van der Waals surface area contributed by atoms with E-state index in [1.54, 1.807) is 18.2 Å². The van der Waals surface area contributed by atoms with Gasteiger partial charge in [0.05, 0.1) is 11.3 Å². The maximum absolute atomic E-state index is 12.4. The largest absolute Gasteiger partial charge is 0.507 e. The van der Waals surface area contributed by atoms with Crippen molar-refractivity contribution in [3.8, 4) is 17.1 Å². The Kier molecular flexibility index (Phi) is 7.00. The van der Waals surface area contributed by atoms with Crippen molar-refractivity contribution in [2.75, 3.05) is 11.1 Å². The summed E-state index contributed by atoms with van der Waals surface area (Å²) in [5.41, 5.74) is 2.48. The SMILES string of the molecule is CC(C)c1cc(I)ccc1NC(=O)CSc1n[nH]c(-c2cc(Br)ccc2O)n1. The first kappa shape index (κ1) is 21.1. The molecule has 0 atom stereocenters. The Bertz CT molecular complexity index is 1010. The van der Waals surface area contributed by atoms with Gasteiger partial charge >= 0.3 is 0 Å². The summed E-state index contributed by atoms with van der Waals surface area (Å²) >= 11 is 6.87. The quantitative estimate of drug-likeness (QED) is 0.272. The fraction of sp³-hybridized carbons (Fsp3) is 0.211. The molecule has 6 nitrogen and oxygen atoms in total. The van der Waals surface area contributed by atoms with Crippen LogP contribution in [-0.2, 0) is 4.79 Å². The molecular formula is C19H18BrIN4O2S. The summed E-state index contributed by atoms with van der Waals surface area (Å²) in [5, 5.41) is 20.3. The second-order valence-electron chi connectivity index (χ2n) is 6.35. The summed E-state index contributed by atoms with van der Waals surface area (Å²) in [6.07, 6.45) is 0. The number of benzene rings is 2. The third-order valence-electron chi connectivity index (χ3n) is 3.92. The molecule has 3 rings (SSSR count). The Morgan fingerprint density at radius 2 is 2.11 bits per heavy atom. The highest BCUT2D eigenvalue weighted by Crippen LogP contribution is 2.30. The second kappa shape index (κ2) is 9.27. The van der Waals surface area contributed by atoms with Crippen LogP contribution in [-0.4, -0.2) is 31.9 Å². The Morgan fingerprint density at radius 3 is 2.86 bits per heavy atom. The zero-order valence-corrected chi connectivity index (χ0v) is 19.7. The zero-order chi connectivity index (χ0) is 20.3. The van der Waals surface area contributed by atoms with E-state index in [1.165, 1.54) is 11.8 Å². The number of halogens is 2. The van der Waals surface area contributed by atoms with Crippen LogP contribution in [0.2, 0.25) is 0 Å². The van der Waals surface area contributed by atoms with Crippen LogP contribution < -0.4 is 5.32 Å². The number of hydrogen-bond acceptors (Lipinski definition) is 5. The molecule has 146 valence electrons. The van der Waals surface area contributed by atoms with Crippen LogP contribution in [0.1, 0.15) is 25.3 Å². The molecule has 0 aliphatic heterocycles. The standard InChI is InChI=1S/C19H18BrIN4O2S/c1-10(2)13-8-12(21)4-5-15(13)22-17(27)9-28-19-23-18(24-25-19)14-7-11(20)3-6-16(14)26/h3-8,10,26H,9H2,1-2H3,(H,22,27)(H,23,24,25). The summed E-state index contributed by atoms with van der Waals surface area (Å²) in [6.45, 7) is 4.20. The summed E-state index contributed by atoms with van der Waals surface area (Å²) in [5.74, 6) is 0.927. The monoisotopic (exact) mass is 572 g/mol. The number of carbonyl (C=O) groups is 1. The number of amides is 1. The topological polar surface area (TPSA) is 90.9 Å². The number of phenols is 1. The summed E-state index contributed by atoms with van der Waals surface area (Å²) < 4.78 is 1.96. The third-order valence-corrected chi connectivity index (χ3v) is 5.93. The van der Waals surface area contributed by atoms with Crippen molar-refractivity contribution in [2.24, 2.45) is 0 Å². The van der Waals surface area contributed by atoms with Crippen LogP contribution in [0.4, 0.5) is 5.69 Å². The molecule has 0 spiro atoms. The molecule has 0 aliphatic carbocycles. The van der Waals surface area contributed by atoms with E-state index in [4.69, 9.17) is 0 Å². The molecule has 2 aromatic carbocycles. The summed E-state index contributed by atoms with van der Waals surface area (Å²) in [6, 6.07) is 11.1. The number of aromatic amines is 1. The first-order valence-corrected chi connectivity index (χ1v) is 11.3. The second-order valence-corrected chi connectivity index (χ2v) is 9.45. The van der Waals surface area contributed by atoms with E-state index in [0.29, 0.717) is 22.5 Å². The number of nitrogens with zero attached hydrogens (tertiary/aromatic N) is 2. The molecule has 28 heavy (non-hydrogen) atoms. The number of H-pyrrole nitrogens is 1. The normalized spacial score (nSPS) is 11.0. The summed E-state index contributed by atoms with van der Waals surface area (Å²) in [4.78, 5) is 16.7. The fourth-order valence-corrected chi connectivity index (χ4v) is 4.05. The lowest BCUT2D eigenvalue weighted by molar-refractivity contribution is -0.113. The van der Waals surface area contributed by atoms with Crippen molar-refractivity contribution >= 4 is 61.9 Å². The Morgan fingerprint density at radius 1 is 1.32 bits per heavy atom. The lowest BCUT2D eigenvalue weighted by atomic mass is 10.0. The van der Waals surface area contributed by atoms with Crippen LogP contribution in [0.5, 0.6) is 5.75 Å². The van der Waals surface area contributed by atoms with Gasteiger partial charge in [-0.1, -0.05) is 41.5 Å². The van der Waals surface area contributed by atoms with E-state index in [0.717, 1.165) is 19.3 Å². The highest BCUT2D eigenvalue weighted by Gasteiger charge is 2.14. The number of carbonyl (C=O) groups excluding carboxylic acids is 1.